The van der Waals surface area contributed by atoms with Crippen LogP contribution in [-0.4, -0.2) is 16.2 Å². The van der Waals surface area contributed by atoms with Gasteiger partial charge >= 0.3 is 6.18 Å². The number of ether oxygens (including phenoxy) is 1. The Morgan fingerprint density at radius 3 is 2.33 bits per heavy atom. The van der Waals surface area contributed by atoms with Crippen molar-refractivity contribution in [3.8, 4) is 5.75 Å². The van der Waals surface area contributed by atoms with E-state index in [9.17, 15) is 22.7 Å². The van der Waals surface area contributed by atoms with Crippen LogP contribution in [0.5, 0.6) is 5.75 Å². The van der Waals surface area contributed by atoms with Crippen molar-refractivity contribution in [3.05, 3.63) is 53.5 Å². The standard InChI is InChI=1S/C18H19F4N3O2/c19-12-3-1-11(2-4-12)17(26)8-5-13(6-9-17)27-14-7-10-24-16(25-23)15(14)18(20,21)22/h1-4,7,10,13,26H,5-6,8-9,23H2,(H,24,25). The number of benzene rings is 1. The highest BCUT2D eigenvalue weighted by Gasteiger charge is 2.40. The molecule has 0 saturated heterocycles. The summed E-state index contributed by atoms with van der Waals surface area (Å²) in [6.45, 7) is 0. The number of rotatable bonds is 4. The molecule has 9 heteroatoms. The molecule has 1 aromatic heterocycles. The number of nitrogens with two attached hydrogens (primary N) is 1. The van der Waals surface area contributed by atoms with Gasteiger partial charge in [0.15, 0.2) is 5.82 Å². The second-order valence-corrected chi connectivity index (χ2v) is 6.53. The van der Waals surface area contributed by atoms with E-state index in [1.54, 1.807) is 0 Å². The zero-order chi connectivity index (χ0) is 19.7. The minimum absolute atomic E-state index is 0.289. The summed E-state index contributed by atoms with van der Waals surface area (Å²) in [6.07, 6.45) is -2.74. The lowest BCUT2D eigenvalue weighted by atomic mass is 9.78. The molecule has 0 radical (unpaired) electrons. The molecule has 0 amide bonds. The van der Waals surface area contributed by atoms with Crippen molar-refractivity contribution < 1.29 is 27.4 Å². The molecule has 0 bridgehead atoms. The maximum Gasteiger partial charge on any atom is 0.423 e. The van der Waals surface area contributed by atoms with Gasteiger partial charge in [0.2, 0.25) is 0 Å². The Hall–Kier alpha value is -2.39. The fourth-order valence-electron chi connectivity index (χ4n) is 3.34. The van der Waals surface area contributed by atoms with Crippen molar-refractivity contribution in [2.75, 3.05) is 5.43 Å². The first-order chi connectivity index (χ1) is 12.7. The number of anilines is 1. The molecule has 1 aliphatic carbocycles. The highest BCUT2D eigenvalue weighted by atomic mass is 19.4. The van der Waals surface area contributed by atoms with Gasteiger partial charge in [0.05, 0.1) is 11.7 Å². The minimum atomic E-state index is -4.69. The van der Waals surface area contributed by atoms with Crippen molar-refractivity contribution in [2.45, 2.75) is 43.6 Å². The van der Waals surface area contributed by atoms with Gasteiger partial charge < -0.3 is 15.3 Å². The second kappa shape index (κ2) is 7.32. The third-order valence-electron chi connectivity index (χ3n) is 4.77. The Balaban J connectivity index is 1.74. The van der Waals surface area contributed by atoms with Crippen LogP contribution in [0, 0.1) is 5.82 Å². The molecule has 1 aliphatic rings. The first-order valence-electron chi connectivity index (χ1n) is 8.41. The molecule has 0 aliphatic heterocycles. The van der Waals surface area contributed by atoms with E-state index in [1.807, 2.05) is 5.43 Å². The SMILES string of the molecule is NNc1nccc(OC2CCC(O)(c3ccc(F)cc3)CC2)c1C(F)(F)F. The summed E-state index contributed by atoms with van der Waals surface area (Å²) in [7, 11) is 0. The molecule has 1 saturated carbocycles. The zero-order valence-corrected chi connectivity index (χ0v) is 14.3. The maximum atomic E-state index is 13.3. The molecule has 1 aromatic carbocycles. The summed E-state index contributed by atoms with van der Waals surface area (Å²) in [5, 5.41) is 10.8. The van der Waals surface area contributed by atoms with Crippen molar-refractivity contribution in [3.63, 3.8) is 0 Å². The summed E-state index contributed by atoms with van der Waals surface area (Å²) < 4.78 is 58.7. The van der Waals surface area contributed by atoms with E-state index in [0.717, 1.165) is 6.07 Å². The van der Waals surface area contributed by atoms with E-state index in [2.05, 4.69) is 4.98 Å². The quantitative estimate of drug-likeness (QED) is 0.425. The number of nitrogens with one attached hydrogen (secondary N) is 1. The Labute approximate surface area is 153 Å². The molecule has 27 heavy (non-hydrogen) atoms. The summed E-state index contributed by atoms with van der Waals surface area (Å²) in [5.74, 6) is 3.86. The van der Waals surface area contributed by atoms with E-state index in [1.165, 1.54) is 30.5 Å². The van der Waals surface area contributed by atoms with Gasteiger partial charge in [0.25, 0.3) is 0 Å². The van der Waals surface area contributed by atoms with Crippen LogP contribution in [0.15, 0.2) is 36.5 Å². The molecule has 5 nitrogen and oxygen atoms in total. The Bertz CT molecular complexity index is 788. The predicted molar refractivity (Wildman–Crippen MR) is 90.2 cm³/mol. The van der Waals surface area contributed by atoms with E-state index in [0.29, 0.717) is 18.4 Å². The molecular weight excluding hydrogens is 366 g/mol. The van der Waals surface area contributed by atoms with Gasteiger partial charge in [-0.05, 0) is 49.4 Å². The molecule has 146 valence electrons. The number of hydrogen-bond acceptors (Lipinski definition) is 5. The zero-order valence-electron chi connectivity index (χ0n) is 14.3. The highest BCUT2D eigenvalue weighted by molar-refractivity contribution is 5.52. The van der Waals surface area contributed by atoms with Crippen LogP contribution < -0.4 is 16.0 Å². The lowest BCUT2D eigenvalue weighted by Gasteiger charge is -2.36. The Morgan fingerprint density at radius 2 is 1.78 bits per heavy atom. The number of aromatic nitrogens is 1. The topological polar surface area (TPSA) is 80.4 Å². The fourth-order valence-corrected chi connectivity index (χ4v) is 3.34. The lowest BCUT2D eigenvalue weighted by molar-refractivity contribution is -0.139. The first-order valence-corrected chi connectivity index (χ1v) is 8.41. The van der Waals surface area contributed by atoms with Crippen LogP contribution in [0.1, 0.15) is 36.8 Å². The van der Waals surface area contributed by atoms with Gasteiger partial charge in [-0.25, -0.2) is 15.2 Å². The predicted octanol–water partition coefficient (Wildman–Crippen LogP) is 3.73. The number of alkyl halides is 3. The fraction of sp³-hybridized carbons (Fsp3) is 0.389. The molecule has 2 aromatic rings. The summed E-state index contributed by atoms with van der Waals surface area (Å²) in [6, 6.07) is 6.71. The average molecular weight is 385 g/mol. The van der Waals surface area contributed by atoms with Gasteiger partial charge in [-0.15, -0.1) is 0 Å². The second-order valence-electron chi connectivity index (χ2n) is 6.53. The van der Waals surface area contributed by atoms with Crippen LogP contribution in [0.4, 0.5) is 23.4 Å². The number of aliphatic hydroxyl groups is 1. The summed E-state index contributed by atoms with van der Waals surface area (Å²) in [5.41, 5.74) is 0.304. The smallest absolute Gasteiger partial charge is 0.423 e. The molecule has 1 fully saturated rings. The maximum absolute atomic E-state index is 13.3. The van der Waals surface area contributed by atoms with Crippen molar-refractivity contribution in [2.24, 2.45) is 5.84 Å². The Morgan fingerprint density at radius 1 is 1.15 bits per heavy atom. The number of pyridine rings is 1. The van der Waals surface area contributed by atoms with E-state index < -0.39 is 35.1 Å². The third kappa shape index (κ3) is 4.14. The Kier molecular flexibility index (Phi) is 5.25. The summed E-state index contributed by atoms with van der Waals surface area (Å²) >= 11 is 0. The van der Waals surface area contributed by atoms with E-state index >= 15 is 0 Å². The number of hydrogen-bond donors (Lipinski definition) is 3. The molecule has 3 rings (SSSR count). The van der Waals surface area contributed by atoms with Gasteiger partial charge in [0.1, 0.15) is 17.1 Å². The van der Waals surface area contributed by atoms with E-state index in [4.69, 9.17) is 10.6 Å². The van der Waals surface area contributed by atoms with Gasteiger partial charge in [-0.1, -0.05) is 12.1 Å². The van der Waals surface area contributed by atoms with Gasteiger partial charge in [0, 0.05) is 6.20 Å². The normalized spacial score (nSPS) is 23.1. The molecule has 0 spiro atoms. The van der Waals surface area contributed by atoms with Gasteiger partial charge in [-0.2, -0.15) is 13.2 Å². The average Bonchev–Trinajstić information content (AvgIpc) is 2.63. The first kappa shape index (κ1) is 19.4. The van der Waals surface area contributed by atoms with Crippen LogP contribution in [-0.2, 0) is 11.8 Å². The molecular formula is C18H19F4N3O2. The summed E-state index contributed by atoms with van der Waals surface area (Å²) in [4.78, 5) is 3.58. The monoisotopic (exact) mass is 385 g/mol. The number of halogens is 4. The molecule has 4 N–H and O–H groups in total. The van der Waals surface area contributed by atoms with Crippen molar-refractivity contribution in [1.82, 2.24) is 4.98 Å². The highest BCUT2D eigenvalue weighted by Crippen LogP contribution is 2.43. The minimum Gasteiger partial charge on any atom is -0.490 e. The van der Waals surface area contributed by atoms with Gasteiger partial charge in [-0.3, -0.25) is 0 Å². The lowest BCUT2D eigenvalue weighted by Crippen LogP contribution is -2.35. The number of hydrazine groups is 1. The number of nitrogens with zero attached hydrogens (tertiary/aromatic N) is 1. The largest absolute Gasteiger partial charge is 0.490 e. The van der Waals surface area contributed by atoms with Crippen LogP contribution in [0.25, 0.3) is 0 Å². The van der Waals surface area contributed by atoms with Crippen molar-refractivity contribution >= 4 is 5.82 Å². The van der Waals surface area contributed by atoms with Crippen LogP contribution >= 0.6 is 0 Å². The molecule has 0 unspecified atom stereocenters. The van der Waals surface area contributed by atoms with Crippen molar-refractivity contribution in [1.29, 1.82) is 0 Å². The molecule has 1 heterocycles. The van der Waals surface area contributed by atoms with Crippen LogP contribution in [0.3, 0.4) is 0 Å². The van der Waals surface area contributed by atoms with Crippen LogP contribution in [0.2, 0.25) is 0 Å². The number of nitrogen functional groups attached to an aromatic ring is 1. The third-order valence-corrected chi connectivity index (χ3v) is 4.77. The molecule has 0 atom stereocenters. The van der Waals surface area contributed by atoms with E-state index in [-0.39, 0.29) is 18.6 Å².